The van der Waals surface area contributed by atoms with E-state index < -0.39 is 0 Å². The number of rotatable bonds is 9. The van der Waals surface area contributed by atoms with Crippen LogP contribution in [0.2, 0.25) is 0 Å². The van der Waals surface area contributed by atoms with Crippen LogP contribution in [-0.2, 0) is 11.3 Å². The number of hydrogen-bond donors (Lipinski definition) is 0. The van der Waals surface area contributed by atoms with Crippen LogP contribution in [0.4, 0.5) is 0 Å². The summed E-state index contributed by atoms with van der Waals surface area (Å²) < 4.78 is 11.6. The highest BCUT2D eigenvalue weighted by molar-refractivity contribution is 5.17. The van der Waals surface area contributed by atoms with Crippen LogP contribution < -0.4 is 4.74 Å². The standard InChI is InChI=1S/C22H39N3O2/c1-18(2)19(3)25-13-11-24(12-14-25)10-7-15-26-21-9-8-20(16-23-21)17-27-22(4,5)6/h8-9,16,18-19H,7,10-15,17H2,1-6H3/t19-/m0/s1. The van der Waals surface area contributed by atoms with Crippen molar-refractivity contribution in [1.29, 1.82) is 0 Å². The molecule has 27 heavy (non-hydrogen) atoms. The average molecular weight is 378 g/mol. The topological polar surface area (TPSA) is 37.8 Å². The first kappa shape index (κ1) is 22.1. The first-order chi connectivity index (χ1) is 12.7. The largest absolute Gasteiger partial charge is 0.478 e. The molecule has 1 fully saturated rings. The Hall–Kier alpha value is -1.17. The summed E-state index contributed by atoms with van der Waals surface area (Å²) in [6, 6.07) is 4.65. The lowest BCUT2D eigenvalue weighted by Crippen LogP contribution is -2.51. The Labute approximate surface area is 166 Å². The maximum absolute atomic E-state index is 5.80. The van der Waals surface area contributed by atoms with E-state index in [0.29, 0.717) is 25.1 Å². The number of pyridine rings is 1. The summed E-state index contributed by atoms with van der Waals surface area (Å²) in [6.07, 6.45) is 2.88. The Morgan fingerprint density at radius 2 is 1.78 bits per heavy atom. The van der Waals surface area contributed by atoms with Gasteiger partial charge in [-0.05, 0) is 51.7 Å². The summed E-state index contributed by atoms with van der Waals surface area (Å²) >= 11 is 0. The normalized spacial score (nSPS) is 18.0. The lowest BCUT2D eigenvalue weighted by Gasteiger charge is -2.39. The van der Waals surface area contributed by atoms with Crippen LogP contribution in [0.1, 0.15) is 53.5 Å². The highest BCUT2D eigenvalue weighted by Crippen LogP contribution is 2.15. The zero-order valence-corrected chi connectivity index (χ0v) is 18.2. The molecule has 1 aliphatic heterocycles. The highest BCUT2D eigenvalue weighted by Gasteiger charge is 2.22. The van der Waals surface area contributed by atoms with Crippen molar-refractivity contribution in [2.24, 2.45) is 5.92 Å². The molecule has 0 amide bonds. The molecule has 0 aliphatic carbocycles. The van der Waals surface area contributed by atoms with Crippen LogP contribution in [0, 0.1) is 5.92 Å². The minimum absolute atomic E-state index is 0.131. The molecule has 5 heteroatoms. The molecule has 5 nitrogen and oxygen atoms in total. The van der Waals surface area contributed by atoms with E-state index in [1.54, 1.807) is 0 Å². The second-order valence-corrected chi connectivity index (χ2v) is 8.97. The monoisotopic (exact) mass is 377 g/mol. The average Bonchev–Trinajstić information content (AvgIpc) is 2.63. The minimum Gasteiger partial charge on any atom is -0.478 e. The van der Waals surface area contributed by atoms with Gasteiger partial charge in [0.05, 0.1) is 18.8 Å². The second kappa shape index (κ2) is 10.4. The molecule has 1 atom stereocenters. The van der Waals surface area contributed by atoms with Crippen LogP contribution in [0.15, 0.2) is 18.3 Å². The lowest BCUT2D eigenvalue weighted by molar-refractivity contribution is -0.0150. The molecule has 0 N–H and O–H groups in total. The quantitative estimate of drug-likeness (QED) is 0.612. The zero-order chi connectivity index (χ0) is 19.9. The third-order valence-electron chi connectivity index (χ3n) is 5.29. The summed E-state index contributed by atoms with van der Waals surface area (Å²) in [7, 11) is 0. The van der Waals surface area contributed by atoms with E-state index in [0.717, 1.165) is 37.5 Å². The van der Waals surface area contributed by atoms with Gasteiger partial charge in [0.1, 0.15) is 0 Å². The van der Waals surface area contributed by atoms with Crippen LogP contribution in [-0.4, -0.2) is 65.8 Å². The smallest absolute Gasteiger partial charge is 0.213 e. The molecule has 0 spiro atoms. The summed E-state index contributed by atoms with van der Waals surface area (Å²) in [5.41, 5.74) is 0.943. The number of nitrogens with zero attached hydrogens (tertiary/aromatic N) is 3. The maximum atomic E-state index is 5.80. The van der Waals surface area contributed by atoms with Crippen LogP contribution in [0.5, 0.6) is 5.88 Å². The molecule has 1 saturated heterocycles. The molecule has 1 aromatic heterocycles. The molecule has 1 aliphatic rings. The van der Waals surface area contributed by atoms with Gasteiger partial charge < -0.3 is 14.4 Å². The van der Waals surface area contributed by atoms with Crippen LogP contribution >= 0.6 is 0 Å². The Kier molecular flexibility index (Phi) is 8.52. The predicted molar refractivity (Wildman–Crippen MR) is 111 cm³/mol. The van der Waals surface area contributed by atoms with Gasteiger partial charge in [0.25, 0.3) is 0 Å². The van der Waals surface area contributed by atoms with E-state index in [-0.39, 0.29) is 5.60 Å². The van der Waals surface area contributed by atoms with Gasteiger partial charge in [0.2, 0.25) is 5.88 Å². The zero-order valence-electron chi connectivity index (χ0n) is 18.2. The van der Waals surface area contributed by atoms with Crippen LogP contribution in [0.3, 0.4) is 0 Å². The van der Waals surface area contributed by atoms with Gasteiger partial charge in [0.15, 0.2) is 0 Å². The van der Waals surface area contributed by atoms with Gasteiger partial charge >= 0.3 is 0 Å². The van der Waals surface area contributed by atoms with E-state index >= 15 is 0 Å². The summed E-state index contributed by atoms with van der Waals surface area (Å²) in [5, 5.41) is 0. The SMILES string of the molecule is CC(C)[C@H](C)N1CCN(CCCOc2ccc(COC(C)(C)C)cn2)CC1. The fourth-order valence-electron chi connectivity index (χ4n) is 3.16. The van der Waals surface area contributed by atoms with Crippen molar-refractivity contribution < 1.29 is 9.47 Å². The maximum Gasteiger partial charge on any atom is 0.213 e. The third kappa shape index (κ3) is 8.16. The van der Waals surface area contributed by atoms with Crippen molar-refractivity contribution in [3.8, 4) is 5.88 Å². The molecule has 2 heterocycles. The number of aromatic nitrogens is 1. The summed E-state index contributed by atoms with van der Waals surface area (Å²) in [5.74, 6) is 1.42. The van der Waals surface area contributed by atoms with E-state index in [2.05, 4.69) is 56.3 Å². The van der Waals surface area contributed by atoms with Crippen molar-refractivity contribution in [2.75, 3.05) is 39.3 Å². The van der Waals surface area contributed by atoms with Gasteiger partial charge in [-0.1, -0.05) is 13.8 Å². The fourth-order valence-corrected chi connectivity index (χ4v) is 3.16. The van der Waals surface area contributed by atoms with E-state index in [1.165, 1.54) is 13.1 Å². The Morgan fingerprint density at radius 1 is 1.07 bits per heavy atom. The molecule has 0 bridgehead atoms. The Morgan fingerprint density at radius 3 is 2.33 bits per heavy atom. The summed E-state index contributed by atoms with van der Waals surface area (Å²) in [6.45, 7) is 20.2. The first-order valence-corrected chi connectivity index (χ1v) is 10.4. The van der Waals surface area contributed by atoms with Gasteiger partial charge in [0, 0.05) is 51.0 Å². The summed E-state index contributed by atoms with van der Waals surface area (Å²) in [4.78, 5) is 9.55. The van der Waals surface area contributed by atoms with Crippen LogP contribution in [0.25, 0.3) is 0 Å². The highest BCUT2D eigenvalue weighted by atomic mass is 16.5. The Balaban J connectivity index is 1.60. The predicted octanol–water partition coefficient (Wildman–Crippen LogP) is 3.83. The van der Waals surface area contributed by atoms with Crippen molar-refractivity contribution in [2.45, 2.75) is 66.2 Å². The van der Waals surface area contributed by atoms with E-state index in [9.17, 15) is 0 Å². The first-order valence-electron chi connectivity index (χ1n) is 10.4. The molecule has 0 saturated carbocycles. The third-order valence-corrected chi connectivity index (χ3v) is 5.29. The molecule has 2 rings (SSSR count). The lowest BCUT2D eigenvalue weighted by atomic mass is 10.0. The molecular weight excluding hydrogens is 338 g/mol. The van der Waals surface area contributed by atoms with Gasteiger partial charge in [-0.2, -0.15) is 0 Å². The van der Waals surface area contributed by atoms with Gasteiger partial charge in [-0.25, -0.2) is 4.98 Å². The fraction of sp³-hybridized carbons (Fsp3) is 0.773. The second-order valence-electron chi connectivity index (χ2n) is 8.97. The van der Waals surface area contributed by atoms with Crippen molar-refractivity contribution in [3.63, 3.8) is 0 Å². The molecule has 1 aromatic rings. The van der Waals surface area contributed by atoms with E-state index in [1.807, 2.05) is 18.3 Å². The Bertz CT molecular complexity index is 531. The van der Waals surface area contributed by atoms with Crippen molar-refractivity contribution in [1.82, 2.24) is 14.8 Å². The number of ether oxygens (including phenoxy) is 2. The van der Waals surface area contributed by atoms with Crippen molar-refractivity contribution in [3.05, 3.63) is 23.9 Å². The molecule has 154 valence electrons. The molecule has 0 radical (unpaired) electrons. The number of hydrogen-bond acceptors (Lipinski definition) is 5. The molecular formula is C22H39N3O2. The molecule has 0 aromatic carbocycles. The van der Waals surface area contributed by atoms with Gasteiger partial charge in [-0.15, -0.1) is 0 Å². The van der Waals surface area contributed by atoms with Gasteiger partial charge in [-0.3, -0.25) is 4.90 Å². The van der Waals surface area contributed by atoms with Crippen molar-refractivity contribution >= 4 is 0 Å². The van der Waals surface area contributed by atoms with E-state index in [4.69, 9.17) is 9.47 Å². The molecule has 0 unspecified atom stereocenters. The minimum atomic E-state index is -0.131. The number of piperazine rings is 1.